The zero-order valence-electron chi connectivity index (χ0n) is 16.0. The molecule has 2 aromatic rings. The van der Waals surface area contributed by atoms with E-state index < -0.39 is 22.9 Å². The van der Waals surface area contributed by atoms with Gasteiger partial charge in [-0.3, -0.25) is 19.7 Å². The third kappa shape index (κ3) is 5.07. The van der Waals surface area contributed by atoms with E-state index in [4.69, 9.17) is 4.74 Å². The van der Waals surface area contributed by atoms with Crippen LogP contribution in [0.25, 0.3) is 0 Å². The summed E-state index contributed by atoms with van der Waals surface area (Å²) in [5, 5.41) is 13.9. The van der Waals surface area contributed by atoms with E-state index in [0.29, 0.717) is 24.0 Å². The van der Waals surface area contributed by atoms with E-state index >= 15 is 0 Å². The van der Waals surface area contributed by atoms with Crippen LogP contribution in [0.15, 0.2) is 60.7 Å². The molecule has 1 aliphatic rings. The molecule has 0 unspecified atom stereocenters. The number of amides is 1. The molecule has 0 spiro atoms. The van der Waals surface area contributed by atoms with Crippen LogP contribution in [0.3, 0.4) is 0 Å². The standard InChI is InChI=1S/C22H22N2O5/c1-15-12-13-18(19(14-15)24(27)28)23-21(25)20(16-8-4-2-5-9-16)29-22(26)17-10-6-3-7-11-17/h2-6,8-9,12-14,17,20H,7,10-11H2,1H3,(H,23,25)/t17-,20+/m0/s1. The topological polar surface area (TPSA) is 98.5 Å². The van der Waals surface area contributed by atoms with Crippen LogP contribution in [0, 0.1) is 23.0 Å². The van der Waals surface area contributed by atoms with Gasteiger partial charge in [0.1, 0.15) is 5.69 Å². The van der Waals surface area contributed by atoms with Crippen LogP contribution >= 0.6 is 0 Å². The molecule has 0 saturated heterocycles. The molecule has 0 radical (unpaired) electrons. The Morgan fingerprint density at radius 1 is 1.17 bits per heavy atom. The number of aryl methyl sites for hydroxylation is 1. The maximum absolute atomic E-state index is 13.0. The van der Waals surface area contributed by atoms with E-state index in [9.17, 15) is 19.7 Å². The number of nitro groups is 1. The van der Waals surface area contributed by atoms with Gasteiger partial charge in [0, 0.05) is 11.6 Å². The molecule has 150 valence electrons. The van der Waals surface area contributed by atoms with Gasteiger partial charge >= 0.3 is 5.97 Å². The molecular weight excluding hydrogens is 372 g/mol. The predicted molar refractivity (Wildman–Crippen MR) is 108 cm³/mol. The van der Waals surface area contributed by atoms with Crippen molar-refractivity contribution >= 4 is 23.3 Å². The first-order valence-electron chi connectivity index (χ1n) is 9.42. The van der Waals surface area contributed by atoms with Gasteiger partial charge in [-0.05, 0) is 37.8 Å². The molecule has 1 aliphatic carbocycles. The fourth-order valence-electron chi connectivity index (χ4n) is 3.22. The maximum atomic E-state index is 13.0. The number of carbonyl (C=O) groups excluding carboxylic acids is 2. The lowest BCUT2D eigenvalue weighted by molar-refractivity contribution is -0.384. The monoisotopic (exact) mass is 394 g/mol. The highest BCUT2D eigenvalue weighted by atomic mass is 16.6. The van der Waals surface area contributed by atoms with Crippen LogP contribution in [-0.2, 0) is 14.3 Å². The van der Waals surface area contributed by atoms with Gasteiger partial charge in [-0.25, -0.2) is 0 Å². The summed E-state index contributed by atoms with van der Waals surface area (Å²) in [4.78, 5) is 36.4. The Labute approximate surface area is 168 Å². The molecule has 0 aliphatic heterocycles. The minimum atomic E-state index is -1.20. The fraction of sp³-hybridized carbons (Fsp3) is 0.273. The quantitative estimate of drug-likeness (QED) is 0.337. The zero-order chi connectivity index (χ0) is 20.8. The molecule has 2 atom stereocenters. The number of ether oxygens (including phenoxy) is 1. The molecule has 3 rings (SSSR count). The van der Waals surface area contributed by atoms with Crippen LogP contribution in [0.5, 0.6) is 0 Å². The summed E-state index contributed by atoms with van der Waals surface area (Å²) in [5.74, 6) is -1.38. The van der Waals surface area contributed by atoms with Crippen molar-refractivity contribution in [3.63, 3.8) is 0 Å². The molecule has 1 N–H and O–H groups in total. The lowest BCUT2D eigenvalue weighted by Crippen LogP contribution is -2.29. The van der Waals surface area contributed by atoms with Crippen LogP contribution in [-0.4, -0.2) is 16.8 Å². The first kappa shape index (κ1) is 20.3. The second kappa shape index (κ2) is 9.14. The summed E-state index contributed by atoms with van der Waals surface area (Å²) >= 11 is 0. The number of carbonyl (C=O) groups is 2. The number of allylic oxidation sites excluding steroid dienone is 2. The molecule has 2 aromatic carbocycles. The molecule has 0 fully saturated rings. The Morgan fingerprint density at radius 3 is 2.59 bits per heavy atom. The number of hydrogen-bond acceptors (Lipinski definition) is 5. The molecule has 0 bridgehead atoms. The van der Waals surface area contributed by atoms with Gasteiger partial charge in [0.2, 0.25) is 6.10 Å². The molecular formula is C22H22N2O5. The zero-order valence-corrected chi connectivity index (χ0v) is 16.0. The van der Waals surface area contributed by atoms with Gasteiger partial charge in [0.15, 0.2) is 0 Å². The van der Waals surface area contributed by atoms with E-state index in [0.717, 1.165) is 6.42 Å². The number of rotatable bonds is 6. The largest absolute Gasteiger partial charge is 0.447 e. The average molecular weight is 394 g/mol. The summed E-state index contributed by atoms with van der Waals surface area (Å²) in [6.45, 7) is 1.73. The maximum Gasteiger partial charge on any atom is 0.310 e. The highest BCUT2D eigenvalue weighted by Gasteiger charge is 2.30. The second-order valence-electron chi connectivity index (χ2n) is 6.98. The van der Waals surface area contributed by atoms with Gasteiger partial charge in [0.05, 0.1) is 10.8 Å². The number of nitrogens with zero attached hydrogens (tertiary/aromatic N) is 1. The van der Waals surface area contributed by atoms with Crippen molar-refractivity contribution in [1.82, 2.24) is 0 Å². The van der Waals surface area contributed by atoms with E-state index in [1.165, 1.54) is 12.1 Å². The third-order valence-electron chi connectivity index (χ3n) is 4.78. The predicted octanol–water partition coefficient (Wildman–Crippen LogP) is 4.48. The number of benzene rings is 2. The van der Waals surface area contributed by atoms with E-state index in [1.54, 1.807) is 43.3 Å². The number of hydrogen-bond donors (Lipinski definition) is 1. The Balaban J connectivity index is 1.84. The average Bonchev–Trinajstić information content (AvgIpc) is 2.74. The minimum absolute atomic E-state index is 0.0585. The summed E-state index contributed by atoms with van der Waals surface area (Å²) in [6.07, 6.45) is 4.78. The summed E-state index contributed by atoms with van der Waals surface area (Å²) in [5.41, 5.74) is 1.04. The number of anilines is 1. The van der Waals surface area contributed by atoms with Gasteiger partial charge in [-0.1, -0.05) is 48.6 Å². The number of nitrogens with one attached hydrogen (secondary N) is 1. The number of nitro benzene ring substituents is 1. The molecule has 1 amide bonds. The molecule has 7 nitrogen and oxygen atoms in total. The lowest BCUT2D eigenvalue weighted by atomic mass is 9.94. The minimum Gasteiger partial charge on any atom is -0.447 e. The van der Waals surface area contributed by atoms with E-state index in [2.05, 4.69) is 5.32 Å². The Kier molecular flexibility index (Phi) is 6.39. The van der Waals surface area contributed by atoms with Gasteiger partial charge in [0.25, 0.3) is 11.6 Å². The Morgan fingerprint density at radius 2 is 1.93 bits per heavy atom. The second-order valence-corrected chi connectivity index (χ2v) is 6.98. The van der Waals surface area contributed by atoms with E-state index in [-0.39, 0.29) is 17.3 Å². The van der Waals surface area contributed by atoms with Crippen molar-refractivity contribution in [3.8, 4) is 0 Å². The normalized spacial score (nSPS) is 16.7. The lowest BCUT2D eigenvalue weighted by Gasteiger charge is -2.22. The highest BCUT2D eigenvalue weighted by molar-refractivity contribution is 5.98. The van der Waals surface area contributed by atoms with E-state index in [1.807, 2.05) is 12.2 Å². The first-order chi connectivity index (χ1) is 14.0. The van der Waals surface area contributed by atoms with Crippen molar-refractivity contribution < 1.29 is 19.2 Å². The summed E-state index contributed by atoms with van der Waals surface area (Å²) in [6, 6.07) is 13.2. The molecule has 7 heteroatoms. The van der Waals surface area contributed by atoms with Crippen molar-refractivity contribution in [3.05, 3.63) is 81.9 Å². The van der Waals surface area contributed by atoms with Crippen LogP contribution in [0.4, 0.5) is 11.4 Å². The van der Waals surface area contributed by atoms with Crippen LogP contribution in [0.1, 0.15) is 36.5 Å². The first-order valence-corrected chi connectivity index (χ1v) is 9.42. The van der Waals surface area contributed by atoms with Gasteiger partial charge < -0.3 is 10.1 Å². The smallest absolute Gasteiger partial charge is 0.310 e. The fourth-order valence-corrected chi connectivity index (χ4v) is 3.22. The summed E-state index contributed by atoms with van der Waals surface area (Å²) in [7, 11) is 0. The van der Waals surface area contributed by atoms with Gasteiger partial charge in [-0.15, -0.1) is 0 Å². The molecule has 0 heterocycles. The Hall–Kier alpha value is -3.48. The Bertz CT molecular complexity index is 939. The number of esters is 1. The molecule has 29 heavy (non-hydrogen) atoms. The van der Waals surface area contributed by atoms with Crippen molar-refractivity contribution in [1.29, 1.82) is 0 Å². The van der Waals surface area contributed by atoms with Crippen LogP contribution in [0.2, 0.25) is 0 Å². The van der Waals surface area contributed by atoms with Crippen LogP contribution < -0.4 is 5.32 Å². The van der Waals surface area contributed by atoms with Crippen molar-refractivity contribution in [2.24, 2.45) is 5.92 Å². The molecule has 0 saturated carbocycles. The highest BCUT2D eigenvalue weighted by Crippen LogP contribution is 2.29. The van der Waals surface area contributed by atoms with Crippen molar-refractivity contribution in [2.45, 2.75) is 32.3 Å². The summed E-state index contributed by atoms with van der Waals surface area (Å²) < 4.78 is 5.58. The van der Waals surface area contributed by atoms with Gasteiger partial charge in [-0.2, -0.15) is 0 Å². The molecule has 0 aromatic heterocycles. The SMILES string of the molecule is Cc1ccc(NC(=O)[C@H](OC(=O)[C@H]2CC=CCC2)c2ccccc2)c([N+](=O)[O-])c1. The van der Waals surface area contributed by atoms with Crippen molar-refractivity contribution in [2.75, 3.05) is 5.32 Å². The third-order valence-corrected chi connectivity index (χ3v) is 4.78.